The van der Waals surface area contributed by atoms with Crippen LogP contribution < -0.4 is 4.90 Å². The Hall–Kier alpha value is -1.05. The Balaban J connectivity index is 2.36. The Morgan fingerprint density at radius 1 is 1.38 bits per heavy atom. The highest BCUT2D eigenvalue weighted by Crippen LogP contribution is 2.33. The van der Waals surface area contributed by atoms with Gasteiger partial charge in [-0.3, -0.25) is 0 Å². The fourth-order valence-corrected chi connectivity index (χ4v) is 2.75. The zero-order valence-corrected chi connectivity index (χ0v) is 10.3. The van der Waals surface area contributed by atoms with Crippen LogP contribution in [0.1, 0.15) is 32.3 Å². The molecule has 1 aromatic carbocycles. The van der Waals surface area contributed by atoms with Crippen molar-refractivity contribution in [3.05, 3.63) is 29.6 Å². The highest BCUT2D eigenvalue weighted by Gasteiger charge is 2.29. The van der Waals surface area contributed by atoms with Crippen LogP contribution in [0, 0.1) is 18.7 Å². The van der Waals surface area contributed by atoms with Crippen molar-refractivity contribution in [2.75, 3.05) is 11.4 Å². The summed E-state index contributed by atoms with van der Waals surface area (Å²) in [6, 6.07) is 5.84. The minimum atomic E-state index is -0.0763. The molecule has 0 N–H and O–H groups in total. The Bertz CT molecular complexity index is 353. The Kier molecular flexibility index (Phi) is 3.17. The number of aryl methyl sites for hydroxylation is 1. The quantitative estimate of drug-likeness (QED) is 0.735. The van der Waals surface area contributed by atoms with E-state index in [9.17, 15) is 4.39 Å². The molecule has 0 aromatic heterocycles. The van der Waals surface area contributed by atoms with Crippen molar-refractivity contribution in [1.29, 1.82) is 0 Å². The molecule has 0 spiro atoms. The highest BCUT2D eigenvalue weighted by molar-refractivity contribution is 5.55. The van der Waals surface area contributed by atoms with Gasteiger partial charge < -0.3 is 4.90 Å². The third kappa shape index (κ3) is 1.93. The standard InChI is InChI=1S/C14H20FN/c1-10(2)13-8-5-9-16(13)14-11(3)6-4-7-12(14)15/h4,6-7,10,13H,5,8-9H2,1-3H3. The molecule has 1 saturated heterocycles. The molecule has 1 nitrogen and oxygen atoms in total. The maximum atomic E-state index is 13.9. The summed E-state index contributed by atoms with van der Waals surface area (Å²) in [6.45, 7) is 7.43. The van der Waals surface area contributed by atoms with Crippen molar-refractivity contribution in [2.24, 2.45) is 5.92 Å². The number of hydrogen-bond donors (Lipinski definition) is 0. The van der Waals surface area contributed by atoms with E-state index in [4.69, 9.17) is 0 Å². The molecule has 2 rings (SSSR count). The highest BCUT2D eigenvalue weighted by atomic mass is 19.1. The van der Waals surface area contributed by atoms with E-state index in [2.05, 4.69) is 18.7 Å². The van der Waals surface area contributed by atoms with Crippen LogP contribution in [-0.2, 0) is 0 Å². The summed E-state index contributed by atoms with van der Waals surface area (Å²) in [5.41, 5.74) is 1.87. The Morgan fingerprint density at radius 3 is 2.75 bits per heavy atom. The predicted octanol–water partition coefficient (Wildman–Crippen LogP) is 3.76. The van der Waals surface area contributed by atoms with Crippen molar-refractivity contribution >= 4 is 5.69 Å². The summed E-state index contributed by atoms with van der Waals surface area (Å²) < 4.78 is 13.9. The van der Waals surface area contributed by atoms with Crippen molar-refractivity contribution in [3.63, 3.8) is 0 Å². The number of halogens is 1. The first-order valence-electron chi connectivity index (χ1n) is 6.13. The van der Waals surface area contributed by atoms with E-state index in [1.807, 2.05) is 13.0 Å². The second kappa shape index (κ2) is 4.44. The molecule has 0 saturated carbocycles. The summed E-state index contributed by atoms with van der Waals surface area (Å²) in [6.07, 6.45) is 2.36. The van der Waals surface area contributed by atoms with Gasteiger partial charge in [0.2, 0.25) is 0 Å². The molecule has 1 aliphatic heterocycles. The van der Waals surface area contributed by atoms with Gasteiger partial charge in [0, 0.05) is 12.6 Å². The first-order valence-corrected chi connectivity index (χ1v) is 6.13. The molecule has 0 aliphatic carbocycles. The smallest absolute Gasteiger partial charge is 0.146 e. The average molecular weight is 221 g/mol. The van der Waals surface area contributed by atoms with Gasteiger partial charge in [0.15, 0.2) is 0 Å². The van der Waals surface area contributed by atoms with E-state index >= 15 is 0 Å². The fraction of sp³-hybridized carbons (Fsp3) is 0.571. The van der Waals surface area contributed by atoms with Crippen LogP contribution in [0.3, 0.4) is 0 Å². The lowest BCUT2D eigenvalue weighted by atomic mass is 10.0. The third-order valence-electron chi connectivity index (χ3n) is 3.54. The monoisotopic (exact) mass is 221 g/mol. The van der Waals surface area contributed by atoms with Gasteiger partial charge >= 0.3 is 0 Å². The molecule has 0 radical (unpaired) electrons. The van der Waals surface area contributed by atoms with Crippen LogP contribution in [0.25, 0.3) is 0 Å². The number of nitrogens with zero attached hydrogens (tertiary/aromatic N) is 1. The van der Waals surface area contributed by atoms with E-state index in [0.29, 0.717) is 12.0 Å². The molecule has 2 heteroatoms. The molecule has 1 atom stereocenters. The van der Waals surface area contributed by atoms with Crippen molar-refractivity contribution in [1.82, 2.24) is 0 Å². The molecule has 1 unspecified atom stereocenters. The fourth-order valence-electron chi connectivity index (χ4n) is 2.75. The molecule has 0 bridgehead atoms. The van der Waals surface area contributed by atoms with Crippen molar-refractivity contribution < 1.29 is 4.39 Å². The number of benzene rings is 1. The van der Waals surface area contributed by atoms with Gasteiger partial charge in [-0.1, -0.05) is 26.0 Å². The lowest BCUT2D eigenvalue weighted by Crippen LogP contribution is -2.34. The number of hydrogen-bond acceptors (Lipinski definition) is 1. The number of para-hydroxylation sites is 1. The van der Waals surface area contributed by atoms with E-state index in [1.54, 1.807) is 12.1 Å². The average Bonchev–Trinajstić information content (AvgIpc) is 2.66. The maximum absolute atomic E-state index is 13.9. The first-order chi connectivity index (χ1) is 7.61. The van der Waals surface area contributed by atoms with Crippen molar-refractivity contribution in [3.8, 4) is 0 Å². The topological polar surface area (TPSA) is 3.24 Å². The van der Waals surface area contributed by atoms with E-state index < -0.39 is 0 Å². The van der Waals surface area contributed by atoms with Crippen LogP contribution in [0.15, 0.2) is 18.2 Å². The SMILES string of the molecule is Cc1cccc(F)c1N1CCCC1C(C)C. The van der Waals surface area contributed by atoms with Gasteiger partial charge in [-0.15, -0.1) is 0 Å². The van der Waals surface area contributed by atoms with Gasteiger partial charge in [0.1, 0.15) is 5.82 Å². The largest absolute Gasteiger partial charge is 0.366 e. The second-order valence-corrected chi connectivity index (χ2v) is 5.05. The van der Waals surface area contributed by atoms with Gasteiger partial charge in [-0.2, -0.15) is 0 Å². The zero-order valence-electron chi connectivity index (χ0n) is 10.3. The molecular weight excluding hydrogens is 201 g/mol. The minimum Gasteiger partial charge on any atom is -0.366 e. The summed E-state index contributed by atoms with van der Waals surface area (Å²) in [5, 5.41) is 0. The Labute approximate surface area is 97.3 Å². The lowest BCUT2D eigenvalue weighted by molar-refractivity contribution is 0.485. The maximum Gasteiger partial charge on any atom is 0.146 e. The minimum absolute atomic E-state index is 0.0763. The van der Waals surface area contributed by atoms with Gasteiger partial charge in [0.05, 0.1) is 5.69 Å². The number of rotatable bonds is 2. The molecule has 1 aliphatic rings. The normalized spacial score (nSPS) is 20.8. The van der Waals surface area contributed by atoms with Crippen LogP contribution in [-0.4, -0.2) is 12.6 Å². The molecule has 1 heterocycles. The van der Waals surface area contributed by atoms with E-state index in [-0.39, 0.29) is 5.82 Å². The van der Waals surface area contributed by atoms with Crippen molar-refractivity contribution in [2.45, 2.75) is 39.7 Å². The van der Waals surface area contributed by atoms with Crippen LogP contribution in [0.4, 0.5) is 10.1 Å². The summed E-state index contributed by atoms with van der Waals surface area (Å²) in [4.78, 5) is 2.26. The Morgan fingerprint density at radius 2 is 2.12 bits per heavy atom. The van der Waals surface area contributed by atoms with Crippen LogP contribution in [0.2, 0.25) is 0 Å². The van der Waals surface area contributed by atoms with E-state index in [1.165, 1.54) is 12.8 Å². The lowest BCUT2D eigenvalue weighted by Gasteiger charge is -2.31. The van der Waals surface area contributed by atoms with E-state index in [0.717, 1.165) is 17.8 Å². The van der Waals surface area contributed by atoms with Crippen LogP contribution in [0.5, 0.6) is 0 Å². The summed E-state index contributed by atoms with van der Waals surface area (Å²) in [5.74, 6) is 0.508. The second-order valence-electron chi connectivity index (χ2n) is 5.05. The molecule has 1 fully saturated rings. The molecule has 16 heavy (non-hydrogen) atoms. The molecule has 0 amide bonds. The third-order valence-corrected chi connectivity index (χ3v) is 3.54. The van der Waals surface area contributed by atoms with Gasteiger partial charge in [-0.05, 0) is 37.3 Å². The van der Waals surface area contributed by atoms with Gasteiger partial charge in [-0.25, -0.2) is 4.39 Å². The summed E-state index contributed by atoms with van der Waals surface area (Å²) >= 11 is 0. The number of anilines is 1. The van der Waals surface area contributed by atoms with Crippen LogP contribution >= 0.6 is 0 Å². The molecular formula is C14H20FN. The first kappa shape index (κ1) is 11.4. The molecule has 1 aromatic rings. The van der Waals surface area contributed by atoms with Gasteiger partial charge in [0.25, 0.3) is 0 Å². The molecule has 88 valence electrons. The summed E-state index contributed by atoms with van der Waals surface area (Å²) in [7, 11) is 0. The predicted molar refractivity (Wildman–Crippen MR) is 66.3 cm³/mol. The zero-order chi connectivity index (χ0) is 11.7.